The van der Waals surface area contributed by atoms with Crippen LogP contribution in [0.1, 0.15) is 71.6 Å². The van der Waals surface area contributed by atoms with E-state index in [0.717, 1.165) is 25.7 Å². The van der Waals surface area contributed by atoms with Crippen LogP contribution in [0.3, 0.4) is 0 Å². The summed E-state index contributed by atoms with van der Waals surface area (Å²) in [6.07, 6.45) is 9.55. The van der Waals surface area contributed by atoms with E-state index < -0.39 is 0 Å². The van der Waals surface area contributed by atoms with Crippen LogP contribution in [0.5, 0.6) is 0 Å². The summed E-state index contributed by atoms with van der Waals surface area (Å²) in [5.41, 5.74) is 5.77. The largest absolute Gasteiger partial charge is 0.466 e. The molecule has 0 saturated carbocycles. The fourth-order valence-electron chi connectivity index (χ4n) is 1.81. The maximum atomic E-state index is 11.4. The summed E-state index contributed by atoms with van der Waals surface area (Å²) in [7, 11) is 0. The van der Waals surface area contributed by atoms with Gasteiger partial charge in [-0.05, 0) is 12.8 Å². The van der Waals surface area contributed by atoms with Crippen LogP contribution in [-0.4, -0.2) is 18.6 Å². The first-order chi connectivity index (χ1) is 8.20. The van der Waals surface area contributed by atoms with Crippen molar-refractivity contribution < 1.29 is 9.53 Å². The zero-order valence-corrected chi connectivity index (χ0v) is 11.5. The molecule has 1 atom stereocenters. The summed E-state index contributed by atoms with van der Waals surface area (Å²) in [5.74, 6) is -0.139. The van der Waals surface area contributed by atoms with Crippen molar-refractivity contribution in [3.05, 3.63) is 0 Å². The predicted octanol–water partition coefficient (Wildman–Crippen LogP) is 3.41. The van der Waals surface area contributed by atoms with E-state index in [2.05, 4.69) is 13.8 Å². The topological polar surface area (TPSA) is 52.3 Å². The Hall–Kier alpha value is -0.570. The van der Waals surface area contributed by atoms with E-state index in [-0.39, 0.29) is 12.0 Å². The van der Waals surface area contributed by atoms with E-state index in [0.29, 0.717) is 13.0 Å². The van der Waals surface area contributed by atoms with Crippen LogP contribution >= 0.6 is 0 Å². The van der Waals surface area contributed by atoms with Gasteiger partial charge in [0, 0.05) is 6.04 Å². The van der Waals surface area contributed by atoms with Gasteiger partial charge in [-0.1, -0.05) is 52.4 Å². The van der Waals surface area contributed by atoms with Crippen molar-refractivity contribution >= 4 is 5.97 Å². The van der Waals surface area contributed by atoms with E-state index >= 15 is 0 Å². The molecule has 0 aromatic heterocycles. The summed E-state index contributed by atoms with van der Waals surface area (Å²) < 4.78 is 5.15. The number of carbonyl (C=O) groups excluding carboxylic acids is 1. The first kappa shape index (κ1) is 16.4. The zero-order valence-electron chi connectivity index (χ0n) is 11.5. The molecule has 0 spiro atoms. The number of rotatable bonds is 11. The van der Waals surface area contributed by atoms with Crippen molar-refractivity contribution in [1.82, 2.24) is 0 Å². The summed E-state index contributed by atoms with van der Waals surface area (Å²) in [5, 5.41) is 0. The van der Waals surface area contributed by atoms with Crippen molar-refractivity contribution in [3.63, 3.8) is 0 Å². The molecule has 3 heteroatoms. The van der Waals surface area contributed by atoms with Gasteiger partial charge >= 0.3 is 5.97 Å². The second kappa shape index (κ2) is 11.9. The van der Waals surface area contributed by atoms with Crippen molar-refractivity contribution in [3.8, 4) is 0 Å². The van der Waals surface area contributed by atoms with Gasteiger partial charge in [0.1, 0.15) is 0 Å². The standard InChI is InChI=1S/C14H29NO2/c1-3-5-6-7-8-9-11-17-14(16)12-13(15)10-4-2/h13H,3-12,15H2,1-2H3. The smallest absolute Gasteiger partial charge is 0.307 e. The number of hydrogen-bond acceptors (Lipinski definition) is 3. The fourth-order valence-corrected chi connectivity index (χ4v) is 1.81. The van der Waals surface area contributed by atoms with Crippen LogP contribution in [0.25, 0.3) is 0 Å². The molecule has 0 aliphatic carbocycles. The molecule has 0 rings (SSSR count). The highest BCUT2D eigenvalue weighted by Crippen LogP contribution is 2.06. The van der Waals surface area contributed by atoms with Gasteiger partial charge in [-0.3, -0.25) is 4.79 Å². The number of esters is 1. The predicted molar refractivity (Wildman–Crippen MR) is 71.8 cm³/mol. The van der Waals surface area contributed by atoms with Crippen LogP contribution in [0.2, 0.25) is 0 Å². The highest BCUT2D eigenvalue weighted by Gasteiger charge is 2.09. The van der Waals surface area contributed by atoms with E-state index in [4.69, 9.17) is 10.5 Å². The van der Waals surface area contributed by atoms with E-state index in [1.54, 1.807) is 0 Å². The molecule has 0 saturated heterocycles. The number of unbranched alkanes of at least 4 members (excludes halogenated alkanes) is 5. The van der Waals surface area contributed by atoms with Gasteiger partial charge in [0.15, 0.2) is 0 Å². The van der Waals surface area contributed by atoms with Crippen LogP contribution in [-0.2, 0) is 9.53 Å². The molecule has 0 aromatic rings. The molecule has 0 fully saturated rings. The molecule has 0 bridgehead atoms. The SMILES string of the molecule is CCCCCCCCOC(=O)CC(N)CCC. The third-order valence-electron chi connectivity index (χ3n) is 2.85. The van der Waals surface area contributed by atoms with Crippen molar-refractivity contribution in [1.29, 1.82) is 0 Å². The number of hydrogen-bond donors (Lipinski definition) is 1. The average molecular weight is 243 g/mol. The van der Waals surface area contributed by atoms with E-state index in [1.165, 1.54) is 25.7 Å². The molecule has 0 radical (unpaired) electrons. The van der Waals surface area contributed by atoms with E-state index in [9.17, 15) is 4.79 Å². The molecule has 1 unspecified atom stereocenters. The molecule has 0 aliphatic heterocycles. The normalized spacial score (nSPS) is 12.4. The molecule has 3 nitrogen and oxygen atoms in total. The zero-order chi connectivity index (χ0) is 12.9. The Kier molecular flexibility index (Phi) is 11.5. The Labute approximate surface area is 106 Å². The quantitative estimate of drug-likeness (QED) is 0.447. The Morgan fingerprint density at radius 1 is 1.06 bits per heavy atom. The van der Waals surface area contributed by atoms with Gasteiger partial charge in [0.25, 0.3) is 0 Å². The molecule has 0 aliphatic rings. The third-order valence-corrected chi connectivity index (χ3v) is 2.85. The summed E-state index contributed by atoms with van der Waals surface area (Å²) >= 11 is 0. The van der Waals surface area contributed by atoms with Crippen molar-refractivity contribution in [2.24, 2.45) is 5.73 Å². The lowest BCUT2D eigenvalue weighted by atomic mass is 10.1. The minimum absolute atomic E-state index is 0.0305. The van der Waals surface area contributed by atoms with Gasteiger partial charge in [-0.2, -0.15) is 0 Å². The van der Waals surface area contributed by atoms with Crippen molar-refractivity contribution in [2.75, 3.05) is 6.61 Å². The van der Waals surface area contributed by atoms with Gasteiger partial charge < -0.3 is 10.5 Å². The molecular weight excluding hydrogens is 214 g/mol. The Morgan fingerprint density at radius 3 is 2.35 bits per heavy atom. The minimum Gasteiger partial charge on any atom is -0.466 e. The lowest BCUT2D eigenvalue weighted by molar-refractivity contribution is -0.144. The van der Waals surface area contributed by atoms with Gasteiger partial charge in [0.2, 0.25) is 0 Å². The Bertz CT molecular complexity index is 183. The van der Waals surface area contributed by atoms with E-state index in [1.807, 2.05) is 0 Å². The lowest BCUT2D eigenvalue weighted by Gasteiger charge is -2.09. The maximum Gasteiger partial charge on any atom is 0.307 e. The number of ether oxygens (including phenoxy) is 1. The molecule has 102 valence electrons. The highest BCUT2D eigenvalue weighted by atomic mass is 16.5. The fraction of sp³-hybridized carbons (Fsp3) is 0.929. The van der Waals surface area contributed by atoms with Crippen LogP contribution in [0.4, 0.5) is 0 Å². The summed E-state index contributed by atoms with van der Waals surface area (Å²) in [6, 6.07) is -0.0305. The Balaban J connectivity index is 3.27. The second-order valence-electron chi connectivity index (χ2n) is 4.74. The number of nitrogens with two attached hydrogens (primary N) is 1. The minimum atomic E-state index is -0.139. The maximum absolute atomic E-state index is 11.4. The third kappa shape index (κ3) is 11.7. The molecule has 0 amide bonds. The highest BCUT2D eigenvalue weighted by molar-refractivity contribution is 5.70. The van der Waals surface area contributed by atoms with Gasteiger partial charge in [-0.25, -0.2) is 0 Å². The van der Waals surface area contributed by atoms with Gasteiger partial charge in [-0.15, -0.1) is 0 Å². The average Bonchev–Trinajstić information content (AvgIpc) is 2.28. The first-order valence-corrected chi connectivity index (χ1v) is 7.11. The molecule has 0 heterocycles. The second-order valence-corrected chi connectivity index (χ2v) is 4.74. The molecule has 0 aromatic carbocycles. The molecular formula is C14H29NO2. The van der Waals surface area contributed by atoms with Crippen LogP contribution in [0.15, 0.2) is 0 Å². The number of carbonyl (C=O) groups is 1. The van der Waals surface area contributed by atoms with Crippen LogP contribution < -0.4 is 5.73 Å². The monoisotopic (exact) mass is 243 g/mol. The lowest BCUT2D eigenvalue weighted by Crippen LogP contribution is -2.24. The summed E-state index contributed by atoms with van der Waals surface area (Å²) in [4.78, 5) is 11.4. The van der Waals surface area contributed by atoms with Gasteiger partial charge in [0.05, 0.1) is 13.0 Å². The molecule has 2 N–H and O–H groups in total. The van der Waals surface area contributed by atoms with Crippen molar-refractivity contribution in [2.45, 2.75) is 77.7 Å². The Morgan fingerprint density at radius 2 is 1.71 bits per heavy atom. The van der Waals surface area contributed by atoms with Crippen LogP contribution in [0, 0.1) is 0 Å². The molecule has 17 heavy (non-hydrogen) atoms. The first-order valence-electron chi connectivity index (χ1n) is 7.11. The summed E-state index contributed by atoms with van der Waals surface area (Å²) in [6.45, 7) is 4.84.